The molecule has 0 aliphatic heterocycles. The van der Waals surface area contributed by atoms with Gasteiger partial charge in [0, 0.05) is 7.05 Å². The largest absolute Gasteiger partial charge is 0.487 e. The summed E-state index contributed by atoms with van der Waals surface area (Å²) in [4.78, 5) is 0. The maximum absolute atomic E-state index is 5.90. The first-order valence-electron chi connectivity index (χ1n) is 6.22. The van der Waals surface area contributed by atoms with Crippen molar-refractivity contribution in [2.75, 3.05) is 6.54 Å². The Kier molecular flexibility index (Phi) is 4.61. The van der Waals surface area contributed by atoms with Crippen LogP contribution in [0.15, 0.2) is 28.7 Å². The van der Waals surface area contributed by atoms with Crippen LogP contribution in [-0.2, 0) is 20.1 Å². The van der Waals surface area contributed by atoms with Gasteiger partial charge in [0.1, 0.15) is 12.4 Å². The van der Waals surface area contributed by atoms with Crippen molar-refractivity contribution in [2.45, 2.75) is 20.0 Å². The molecule has 0 amide bonds. The zero-order valence-electron chi connectivity index (χ0n) is 11.2. The van der Waals surface area contributed by atoms with Gasteiger partial charge in [-0.05, 0) is 47.4 Å². The molecule has 0 radical (unpaired) electrons. The lowest BCUT2D eigenvalue weighted by molar-refractivity contribution is 0.291. The Balaban J connectivity index is 2.14. The Hall–Kier alpha value is -1.33. The number of hydrogen-bond acceptors (Lipinski definition) is 3. The highest BCUT2D eigenvalue weighted by Gasteiger charge is 2.12. The van der Waals surface area contributed by atoms with E-state index in [1.807, 2.05) is 42.9 Å². The van der Waals surface area contributed by atoms with E-state index in [2.05, 4.69) is 21.0 Å². The lowest BCUT2D eigenvalue weighted by Gasteiger charge is -2.11. The lowest BCUT2D eigenvalue weighted by atomic mass is 10.1. The normalized spacial score (nSPS) is 10.7. The molecule has 0 unspecified atom stereocenters. The fourth-order valence-electron chi connectivity index (χ4n) is 1.99. The van der Waals surface area contributed by atoms with Crippen molar-refractivity contribution in [3.8, 4) is 5.75 Å². The van der Waals surface area contributed by atoms with Gasteiger partial charge >= 0.3 is 0 Å². The molecule has 2 N–H and O–H groups in total. The third-order valence-corrected chi connectivity index (χ3v) is 4.04. The highest BCUT2D eigenvalue weighted by molar-refractivity contribution is 9.10. The molecule has 102 valence electrons. The van der Waals surface area contributed by atoms with Gasteiger partial charge < -0.3 is 10.5 Å². The molecule has 0 fully saturated rings. The first-order valence-corrected chi connectivity index (χ1v) is 7.01. The highest BCUT2D eigenvalue weighted by atomic mass is 79.9. The van der Waals surface area contributed by atoms with Gasteiger partial charge in [-0.1, -0.05) is 18.2 Å². The first kappa shape index (κ1) is 14.1. The predicted octanol–water partition coefficient (Wildman–Crippen LogP) is 2.57. The standard InChI is InChI=1S/C14H18BrN3O/c1-10-14(15)12(18(2)17-10)9-19-13-6-4-3-5-11(13)7-8-16/h3-6H,7-9,16H2,1-2H3. The second-order valence-corrected chi connectivity index (χ2v) is 5.20. The summed E-state index contributed by atoms with van der Waals surface area (Å²) in [5, 5.41) is 4.35. The van der Waals surface area contributed by atoms with Gasteiger partial charge in [0.25, 0.3) is 0 Å². The number of para-hydroxylation sites is 1. The molecular formula is C14H18BrN3O. The van der Waals surface area contributed by atoms with Gasteiger partial charge in [0.05, 0.1) is 15.9 Å². The van der Waals surface area contributed by atoms with E-state index in [0.717, 1.165) is 33.6 Å². The number of hydrogen-bond donors (Lipinski definition) is 1. The van der Waals surface area contributed by atoms with E-state index in [4.69, 9.17) is 10.5 Å². The van der Waals surface area contributed by atoms with Crippen LogP contribution in [0.25, 0.3) is 0 Å². The quantitative estimate of drug-likeness (QED) is 0.920. The van der Waals surface area contributed by atoms with Crippen molar-refractivity contribution in [3.05, 3.63) is 45.7 Å². The molecule has 0 saturated heterocycles. The van der Waals surface area contributed by atoms with Crippen LogP contribution in [0.5, 0.6) is 5.75 Å². The molecule has 0 aliphatic rings. The summed E-state index contributed by atoms with van der Waals surface area (Å²) in [5.41, 5.74) is 8.75. The van der Waals surface area contributed by atoms with Crippen LogP contribution in [0.2, 0.25) is 0 Å². The molecule has 2 aromatic rings. The van der Waals surface area contributed by atoms with Crippen LogP contribution < -0.4 is 10.5 Å². The number of aryl methyl sites for hydroxylation is 2. The molecule has 2 rings (SSSR count). The molecular weight excluding hydrogens is 306 g/mol. The van der Waals surface area contributed by atoms with E-state index < -0.39 is 0 Å². The molecule has 19 heavy (non-hydrogen) atoms. The molecule has 1 heterocycles. The number of rotatable bonds is 5. The maximum Gasteiger partial charge on any atom is 0.131 e. The van der Waals surface area contributed by atoms with Gasteiger partial charge in [-0.25, -0.2) is 0 Å². The topological polar surface area (TPSA) is 53.1 Å². The van der Waals surface area contributed by atoms with Crippen molar-refractivity contribution in [3.63, 3.8) is 0 Å². The third kappa shape index (κ3) is 3.16. The number of halogens is 1. The monoisotopic (exact) mass is 323 g/mol. The molecule has 0 bridgehead atoms. The Morgan fingerprint density at radius 1 is 1.37 bits per heavy atom. The van der Waals surface area contributed by atoms with Crippen molar-refractivity contribution in [1.29, 1.82) is 0 Å². The second-order valence-electron chi connectivity index (χ2n) is 4.40. The summed E-state index contributed by atoms with van der Waals surface area (Å²) < 4.78 is 8.75. The fourth-order valence-corrected chi connectivity index (χ4v) is 2.44. The summed E-state index contributed by atoms with van der Waals surface area (Å²) >= 11 is 3.54. The van der Waals surface area contributed by atoms with Crippen LogP contribution in [0.3, 0.4) is 0 Å². The smallest absolute Gasteiger partial charge is 0.131 e. The maximum atomic E-state index is 5.90. The summed E-state index contributed by atoms with van der Waals surface area (Å²) in [7, 11) is 1.92. The fraction of sp³-hybridized carbons (Fsp3) is 0.357. The minimum atomic E-state index is 0.486. The average Bonchev–Trinajstić information content (AvgIpc) is 2.63. The van der Waals surface area contributed by atoms with Crippen molar-refractivity contribution >= 4 is 15.9 Å². The van der Waals surface area contributed by atoms with Gasteiger partial charge in [-0.15, -0.1) is 0 Å². The van der Waals surface area contributed by atoms with Gasteiger partial charge in [-0.2, -0.15) is 5.10 Å². The van der Waals surface area contributed by atoms with Crippen LogP contribution in [0, 0.1) is 6.92 Å². The van der Waals surface area contributed by atoms with Gasteiger partial charge in [0.2, 0.25) is 0 Å². The molecule has 0 atom stereocenters. The Morgan fingerprint density at radius 2 is 2.11 bits per heavy atom. The Bertz CT molecular complexity index is 566. The minimum absolute atomic E-state index is 0.486. The van der Waals surface area contributed by atoms with E-state index in [-0.39, 0.29) is 0 Å². The first-order chi connectivity index (χ1) is 9.13. The lowest BCUT2D eigenvalue weighted by Crippen LogP contribution is -2.07. The number of aromatic nitrogens is 2. The summed E-state index contributed by atoms with van der Waals surface area (Å²) in [6.07, 6.45) is 0.821. The van der Waals surface area contributed by atoms with Gasteiger partial charge in [-0.3, -0.25) is 4.68 Å². The molecule has 4 nitrogen and oxygen atoms in total. The number of nitrogens with zero attached hydrogens (tertiary/aromatic N) is 2. The predicted molar refractivity (Wildman–Crippen MR) is 79.2 cm³/mol. The average molecular weight is 324 g/mol. The van der Waals surface area contributed by atoms with Crippen molar-refractivity contribution in [2.24, 2.45) is 12.8 Å². The molecule has 0 aliphatic carbocycles. The molecule has 1 aromatic heterocycles. The van der Waals surface area contributed by atoms with Crippen LogP contribution in [0.4, 0.5) is 0 Å². The van der Waals surface area contributed by atoms with Crippen LogP contribution in [0.1, 0.15) is 17.0 Å². The van der Waals surface area contributed by atoms with E-state index in [1.54, 1.807) is 0 Å². The Morgan fingerprint density at radius 3 is 2.74 bits per heavy atom. The summed E-state index contributed by atoms with van der Waals surface area (Å²) in [5.74, 6) is 0.888. The zero-order chi connectivity index (χ0) is 13.8. The summed E-state index contributed by atoms with van der Waals surface area (Å²) in [6.45, 7) is 3.07. The van der Waals surface area contributed by atoms with Crippen molar-refractivity contribution in [1.82, 2.24) is 9.78 Å². The second kappa shape index (κ2) is 6.21. The summed E-state index contributed by atoms with van der Waals surface area (Å²) in [6, 6.07) is 7.99. The number of ether oxygens (including phenoxy) is 1. The van der Waals surface area contributed by atoms with Crippen LogP contribution in [-0.4, -0.2) is 16.3 Å². The SMILES string of the molecule is Cc1nn(C)c(COc2ccccc2CCN)c1Br. The highest BCUT2D eigenvalue weighted by Crippen LogP contribution is 2.24. The molecule has 1 aromatic carbocycles. The number of nitrogens with two attached hydrogens (primary N) is 1. The third-order valence-electron chi connectivity index (χ3n) is 3.01. The van der Waals surface area contributed by atoms with Crippen molar-refractivity contribution < 1.29 is 4.74 Å². The van der Waals surface area contributed by atoms with E-state index in [9.17, 15) is 0 Å². The minimum Gasteiger partial charge on any atom is -0.487 e. The zero-order valence-corrected chi connectivity index (χ0v) is 12.8. The van der Waals surface area contributed by atoms with E-state index >= 15 is 0 Å². The van der Waals surface area contributed by atoms with E-state index in [0.29, 0.717) is 13.2 Å². The molecule has 0 saturated carbocycles. The van der Waals surface area contributed by atoms with E-state index in [1.165, 1.54) is 0 Å². The van der Waals surface area contributed by atoms with Crippen LogP contribution >= 0.6 is 15.9 Å². The molecule has 0 spiro atoms. The number of benzene rings is 1. The molecule has 5 heteroatoms. The Labute approximate surface area is 121 Å². The van der Waals surface area contributed by atoms with Gasteiger partial charge in [0.15, 0.2) is 0 Å².